The molecule has 0 aromatic rings. The summed E-state index contributed by atoms with van der Waals surface area (Å²) in [6.07, 6.45) is 5.12. The first-order valence-electron chi connectivity index (χ1n) is 4.19. The predicted octanol–water partition coefficient (Wildman–Crippen LogP) is 1.54. The lowest BCUT2D eigenvalue weighted by Crippen LogP contribution is -2.20. The summed E-state index contributed by atoms with van der Waals surface area (Å²) in [6.45, 7) is 3.98. The molecule has 0 aromatic heterocycles. The number of esters is 1. The highest BCUT2D eigenvalue weighted by atomic mass is 16.5. The van der Waals surface area contributed by atoms with Crippen LogP contribution in [0, 0.1) is 17.8 Å². The number of carbonyl (C=O) groups is 1. The second kappa shape index (κ2) is 2.47. The molecule has 2 bridgehead atoms. The van der Waals surface area contributed by atoms with Crippen LogP contribution in [0.3, 0.4) is 0 Å². The molecule has 0 spiro atoms. The van der Waals surface area contributed by atoms with Gasteiger partial charge in [-0.05, 0) is 12.3 Å². The standard InChI is InChI=1S/C10H12O2/c1-6-7-3-4-8(6)9(5-7)10(11)12-2/h3-4,7-9H,1,5H2,2H3. The summed E-state index contributed by atoms with van der Waals surface area (Å²) in [5.74, 6) is 0.632. The normalized spacial score (nSPS) is 37.4. The van der Waals surface area contributed by atoms with E-state index in [1.807, 2.05) is 0 Å². The van der Waals surface area contributed by atoms with Gasteiger partial charge in [-0.15, -0.1) is 0 Å². The van der Waals surface area contributed by atoms with Gasteiger partial charge in [0.1, 0.15) is 0 Å². The maximum atomic E-state index is 11.3. The van der Waals surface area contributed by atoms with Crippen LogP contribution in [0.4, 0.5) is 0 Å². The van der Waals surface area contributed by atoms with Gasteiger partial charge in [-0.1, -0.05) is 24.3 Å². The summed E-state index contributed by atoms with van der Waals surface area (Å²) in [7, 11) is 1.45. The number of hydrogen-bond acceptors (Lipinski definition) is 2. The van der Waals surface area contributed by atoms with Crippen molar-refractivity contribution >= 4 is 5.97 Å². The fourth-order valence-corrected chi connectivity index (χ4v) is 2.19. The first-order valence-corrected chi connectivity index (χ1v) is 4.19. The zero-order valence-electron chi connectivity index (χ0n) is 7.12. The lowest BCUT2D eigenvalue weighted by Gasteiger charge is -2.14. The number of allylic oxidation sites excluding steroid dienone is 3. The molecule has 2 nitrogen and oxygen atoms in total. The summed E-state index contributed by atoms with van der Waals surface area (Å²) in [4.78, 5) is 11.3. The van der Waals surface area contributed by atoms with E-state index in [1.54, 1.807) is 0 Å². The fourth-order valence-electron chi connectivity index (χ4n) is 2.19. The molecule has 3 unspecified atom stereocenters. The molecule has 0 aliphatic heterocycles. The molecule has 12 heavy (non-hydrogen) atoms. The number of hydrogen-bond donors (Lipinski definition) is 0. The first-order chi connectivity index (χ1) is 5.74. The van der Waals surface area contributed by atoms with Gasteiger partial charge in [0.05, 0.1) is 13.0 Å². The molecule has 0 radical (unpaired) electrons. The van der Waals surface area contributed by atoms with Crippen molar-refractivity contribution in [2.75, 3.05) is 7.11 Å². The monoisotopic (exact) mass is 164 g/mol. The van der Waals surface area contributed by atoms with Crippen molar-refractivity contribution in [3.05, 3.63) is 24.3 Å². The van der Waals surface area contributed by atoms with Crippen LogP contribution in [0.15, 0.2) is 24.3 Å². The topological polar surface area (TPSA) is 26.3 Å². The highest BCUT2D eigenvalue weighted by Crippen LogP contribution is 2.47. The quantitative estimate of drug-likeness (QED) is 0.434. The molecule has 1 fully saturated rings. The van der Waals surface area contributed by atoms with Gasteiger partial charge < -0.3 is 4.74 Å². The third-order valence-electron chi connectivity index (χ3n) is 2.90. The molecule has 2 aliphatic carbocycles. The lowest BCUT2D eigenvalue weighted by atomic mass is 9.93. The molecule has 3 atom stereocenters. The molecular formula is C10H12O2. The second-order valence-corrected chi connectivity index (χ2v) is 3.46. The second-order valence-electron chi connectivity index (χ2n) is 3.46. The van der Waals surface area contributed by atoms with E-state index in [2.05, 4.69) is 18.7 Å². The van der Waals surface area contributed by atoms with Crippen LogP contribution in [-0.4, -0.2) is 13.1 Å². The third-order valence-corrected chi connectivity index (χ3v) is 2.90. The molecule has 64 valence electrons. The molecule has 2 heteroatoms. The number of ether oxygens (including phenoxy) is 1. The number of carbonyl (C=O) groups excluding carboxylic acids is 1. The van der Waals surface area contributed by atoms with Crippen LogP contribution in [-0.2, 0) is 9.53 Å². The molecular weight excluding hydrogens is 152 g/mol. The summed E-state index contributed by atoms with van der Waals surface area (Å²) < 4.78 is 4.72. The van der Waals surface area contributed by atoms with Gasteiger partial charge >= 0.3 is 5.97 Å². The lowest BCUT2D eigenvalue weighted by molar-refractivity contribution is -0.146. The van der Waals surface area contributed by atoms with Gasteiger partial charge in [0, 0.05) is 5.92 Å². The van der Waals surface area contributed by atoms with Gasteiger partial charge in [0.25, 0.3) is 0 Å². The number of fused-ring (bicyclic) bond motifs is 2. The zero-order valence-corrected chi connectivity index (χ0v) is 7.12. The summed E-state index contributed by atoms with van der Waals surface area (Å²) in [6, 6.07) is 0. The van der Waals surface area contributed by atoms with Gasteiger partial charge in [0.15, 0.2) is 0 Å². The van der Waals surface area contributed by atoms with Crippen molar-refractivity contribution < 1.29 is 9.53 Å². The average Bonchev–Trinajstić information content (AvgIpc) is 2.60. The van der Waals surface area contributed by atoms with E-state index >= 15 is 0 Å². The van der Waals surface area contributed by atoms with Crippen LogP contribution in [0.5, 0.6) is 0 Å². The average molecular weight is 164 g/mol. The number of methoxy groups -OCH3 is 1. The van der Waals surface area contributed by atoms with E-state index < -0.39 is 0 Å². The Morgan fingerprint density at radius 1 is 1.67 bits per heavy atom. The SMILES string of the molecule is C=C1C2C=CC1C(C(=O)OC)C2. The van der Waals surface area contributed by atoms with Gasteiger partial charge in [-0.3, -0.25) is 4.79 Å². The van der Waals surface area contributed by atoms with Crippen LogP contribution in [0.1, 0.15) is 6.42 Å². The Labute approximate surface area is 71.9 Å². The van der Waals surface area contributed by atoms with Crippen LogP contribution in [0.2, 0.25) is 0 Å². The van der Waals surface area contributed by atoms with Gasteiger partial charge in [-0.2, -0.15) is 0 Å². The van der Waals surface area contributed by atoms with Crippen molar-refractivity contribution in [2.45, 2.75) is 6.42 Å². The Morgan fingerprint density at radius 2 is 2.42 bits per heavy atom. The molecule has 0 N–H and O–H groups in total. The van der Waals surface area contributed by atoms with Crippen LogP contribution < -0.4 is 0 Å². The minimum absolute atomic E-state index is 0.0394. The van der Waals surface area contributed by atoms with Crippen molar-refractivity contribution in [1.82, 2.24) is 0 Å². The van der Waals surface area contributed by atoms with Crippen LogP contribution in [0.25, 0.3) is 0 Å². The molecule has 0 amide bonds. The van der Waals surface area contributed by atoms with E-state index in [0.29, 0.717) is 5.92 Å². The van der Waals surface area contributed by atoms with E-state index in [-0.39, 0.29) is 17.8 Å². The minimum atomic E-state index is -0.0898. The minimum Gasteiger partial charge on any atom is -0.469 e. The van der Waals surface area contributed by atoms with Crippen molar-refractivity contribution in [2.24, 2.45) is 17.8 Å². The highest BCUT2D eigenvalue weighted by Gasteiger charge is 2.43. The number of rotatable bonds is 1. The highest BCUT2D eigenvalue weighted by molar-refractivity contribution is 5.75. The molecule has 1 saturated carbocycles. The van der Waals surface area contributed by atoms with Gasteiger partial charge in [0.2, 0.25) is 0 Å². The molecule has 0 heterocycles. The van der Waals surface area contributed by atoms with E-state index in [9.17, 15) is 4.79 Å². The van der Waals surface area contributed by atoms with Gasteiger partial charge in [-0.25, -0.2) is 0 Å². The summed E-state index contributed by atoms with van der Waals surface area (Å²) in [5.41, 5.74) is 1.19. The Kier molecular flexibility index (Phi) is 1.56. The summed E-state index contributed by atoms with van der Waals surface area (Å²) >= 11 is 0. The zero-order chi connectivity index (χ0) is 8.72. The largest absolute Gasteiger partial charge is 0.469 e. The smallest absolute Gasteiger partial charge is 0.309 e. The molecule has 2 rings (SSSR count). The van der Waals surface area contributed by atoms with E-state index in [1.165, 1.54) is 12.7 Å². The maximum absolute atomic E-state index is 11.3. The Hall–Kier alpha value is -1.05. The molecule has 2 aliphatic rings. The third kappa shape index (κ3) is 0.840. The van der Waals surface area contributed by atoms with E-state index in [4.69, 9.17) is 4.74 Å². The fraction of sp³-hybridized carbons (Fsp3) is 0.500. The van der Waals surface area contributed by atoms with E-state index in [0.717, 1.165) is 6.42 Å². The summed E-state index contributed by atoms with van der Waals surface area (Å²) in [5, 5.41) is 0. The van der Waals surface area contributed by atoms with Crippen molar-refractivity contribution in [3.8, 4) is 0 Å². The molecule has 0 saturated heterocycles. The van der Waals surface area contributed by atoms with Crippen LogP contribution >= 0.6 is 0 Å². The Bertz CT molecular complexity index is 265. The Balaban J connectivity index is 2.19. The predicted molar refractivity (Wildman–Crippen MR) is 45.4 cm³/mol. The first kappa shape index (κ1) is 7.59. The van der Waals surface area contributed by atoms with Crippen molar-refractivity contribution in [1.29, 1.82) is 0 Å². The van der Waals surface area contributed by atoms with Crippen molar-refractivity contribution in [3.63, 3.8) is 0 Å². The molecule has 0 aromatic carbocycles. The maximum Gasteiger partial charge on any atom is 0.309 e. The Morgan fingerprint density at radius 3 is 2.83 bits per heavy atom.